The molecule has 0 bridgehead atoms. The Morgan fingerprint density at radius 3 is 1.85 bits per heavy atom. The fourth-order valence-corrected chi connectivity index (χ4v) is 1.26. The molecule has 0 aromatic heterocycles. The lowest BCUT2D eigenvalue weighted by Crippen LogP contribution is -2.32. The molecule has 0 amide bonds. The van der Waals surface area contributed by atoms with Gasteiger partial charge in [-0.05, 0) is 18.8 Å². The normalized spacial score (nSPS) is 15.2. The van der Waals surface area contributed by atoms with Gasteiger partial charge in [0.25, 0.3) is 0 Å². The zero-order chi connectivity index (χ0) is 10.6. The molecule has 76 valence electrons. The van der Waals surface area contributed by atoms with Gasteiger partial charge in [0.15, 0.2) is 0 Å². The van der Waals surface area contributed by atoms with Crippen LogP contribution in [0.2, 0.25) is 0 Å². The highest BCUT2D eigenvalue weighted by atomic mass is 16.5. The molecular weight excluding hydrogens is 168 g/mol. The van der Waals surface area contributed by atoms with Gasteiger partial charge in [-0.15, -0.1) is 0 Å². The Balaban J connectivity index is 4.61. The van der Waals surface area contributed by atoms with Gasteiger partial charge in [-0.2, -0.15) is 0 Å². The van der Waals surface area contributed by atoms with Gasteiger partial charge in [0.05, 0.1) is 7.11 Å². The average molecular weight is 186 g/mol. The molecule has 0 aromatic rings. The van der Waals surface area contributed by atoms with E-state index in [0.717, 1.165) is 0 Å². The minimum atomic E-state index is -0.606. The minimum Gasteiger partial charge on any atom is -0.468 e. The molecule has 0 aliphatic carbocycles. The molecular formula is C10H18O3. The van der Waals surface area contributed by atoms with Gasteiger partial charge in [-0.1, -0.05) is 20.8 Å². The molecule has 0 heterocycles. The quantitative estimate of drug-likeness (QED) is 0.495. The van der Waals surface area contributed by atoms with Gasteiger partial charge in [0.1, 0.15) is 11.7 Å². The molecule has 0 aromatic carbocycles. The lowest BCUT2D eigenvalue weighted by molar-refractivity contribution is -0.151. The second-order valence-electron chi connectivity index (χ2n) is 3.71. The Morgan fingerprint density at radius 1 is 1.15 bits per heavy atom. The van der Waals surface area contributed by atoms with Crippen molar-refractivity contribution in [2.24, 2.45) is 17.8 Å². The molecule has 0 saturated heterocycles. The SMILES string of the molecule is COC(=O)C(C(C)=O)C(C)C(C)C. The second-order valence-corrected chi connectivity index (χ2v) is 3.71. The van der Waals surface area contributed by atoms with E-state index < -0.39 is 11.9 Å². The third kappa shape index (κ3) is 3.17. The van der Waals surface area contributed by atoms with Crippen LogP contribution in [0.5, 0.6) is 0 Å². The van der Waals surface area contributed by atoms with Crippen LogP contribution < -0.4 is 0 Å². The summed E-state index contributed by atoms with van der Waals surface area (Å²) in [5.41, 5.74) is 0. The number of hydrogen-bond donors (Lipinski definition) is 0. The molecule has 0 N–H and O–H groups in total. The summed E-state index contributed by atoms with van der Waals surface area (Å²) in [6, 6.07) is 0. The van der Waals surface area contributed by atoms with Gasteiger partial charge in [0.2, 0.25) is 0 Å². The van der Waals surface area contributed by atoms with Crippen LogP contribution in [0.25, 0.3) is 0 Å². The largest absolute Gasteiger partial charge is 0.468 e. The van der Waals surface area contributed by atoms with Crippen molar-refractivity contribution in [1.29, 1.82) is 0 Å². The Hall–Kier alpha value is -0.860. The first-order valence-corrected chi connectivity index (χ1v) is 4.50. The fraction of sp³-hybridized carbons (Fsp3) is 0.800. The third-order valence-electron chi connectivity index (χ3n) is 2.47. The number of carbonyl (C=O) groups excluding carboxylic acids is 2. The number of esters is 1. The topological polar surface area (TPSA) is 43.4 Å². The predicted molar refractivity (Wildman–Crippen MR) is 50.2 cm³/mol. The molecule has 0 rings (SSSR count). The maximum atomic E-state index is 11.3. The highest BCUT2D eigenvalue weighted by Gasteiger charge is 2.31. The van der Waals surface area contributed by atoms with E-state index in [2.05, 4.69) is 4.74 Å². The zero-order valence-electron chi connectivity index (χ0n) is 8.96. The molecule has 13 heavy (non-hydrogen) atoms. The van der Waals surface area contributed by atoms with Crippen molar-refractivity contribution in [3.63, 3.8) is 0 Å². The van der Waals surface area contributed by atoms with Crippen LogP contribution in [0, 0.1) is 17.8 Å². The van der Waals surface area contributed by atoms with Crippen LogP contribution in [0.1, 0.15) is 27.7 Å². The third-order valence-corrected chi connectivity index (χ3v) is 2.47. The number of hydrogen-bond acceptors (Lipinski definition) is 3. The van der Waals surface area contributed by atoms with E-state index in [-0.39, 0.29) is 11.7 Å². The molecule has 0 spiro atoms. The first kappa shape index (κ1) is 12.1. The zero-order valence-corrected chi connectivity index (χ0v) is 8.96. The van der Waals surface area contributed by atoms with Crippen molar-refractivity contribution in [3.8, 4) is 0 Å². The number of methoxy groups -OCH3 is 1. The smallest absolute Gasteiger partial charge is 0.316 e. The Morgan fingerprint density at radius 2 is 1.62 bits per heavy atom. The summed E-state index contributed by atoms with van der Waals surface area (Å²) in [7, 11) is 1.31. The van der Waals surface area contributed by atoms with Gasteiger partial charge >= 0.3 is 5.97 Å². The Bertz CT molecular complexity index is 196. The molecule has 0 fully saturated rings. The molecule has 3 nitrogen and oxygen atoms in total. The van der Waals surface area contributed by atoms with E-state index >= 15 is 0 Å². The fourth-order valence-electron chi connectivity index (χ4n) is 1.26. The van der Waals surface area contributed by atoms with E-state index in [1.165, 1.54) is 14.0 Å². The summed E-state index contributed by atoms with van der Waals surface area (Å²) in [6.07, 6.45) is 0. The van der Waals surface area contributed by atoms with E-state index in [1.54, 1.807) is 0 Å². The van der Waals surface area contributed by atoms with Crippen molar-refractivity contribution in [2.45, 2.75) is 27.7 Å². The van der Waals surface area contributed by atoms with Crippen LogP contribution in [0.4, 0.5) is 0 Å². The van der Waals surface area contributed by atoms with Crippen LogP contribution in [-0.2, 0) is 14.3 Å². The Labute approximate surface area is 79.5 Å². The van der Waals surface area contributed by atoms with Crippen LogP contribution >= 0.6 is 0 Å². The first-order chi connectivity index (χ1) is 5.91. The van der Waals surface area contributed by atoms with Crippen molar-refractivity contribution < 1.29 is 14.3 Å². The van der Waals surface area contributed by atoms with Crippen LogP contribution in [0.15, 0.2) is 0 Å². The number of ether oxygens (including phenoxy) is 1. The molecule has 0 radical (unpaired) electrons. The standard InChI is InChI=1S/C10H18O3/c1-6(2)7(3)9(8(4)11)10(12)13-5/h6-7,9H,1-5H3. The maximum Gasteiger partial charge on any atom is 0.316 e. The van der Waals surface area contributed by atoms with Crippen LogP contribution in [-0.4, -0.2) is 18.9 Å². The number of Topliss-reactive ketones (excluding diaryl/α,β-unsaturated/α-hetero) is 1. The van der Waals surface area contributed by atoms with Crippen molar-refractivity contribution in [2.75, 3.05) is 7.11 Å². The highest BCUT2D eigenvalue weighted by Crippen LogP contribution is 2.22. The second kappa shape index (κ2) is 5.00. The summed E-state index contributed by atoms with van der Waals surface area (Å²) in [4.78, 5) is 22.4. The molecule has 0 aliphatic rings. The van der Waals surface area contributed by atoms with E-state index in [1.807, 2.05) is 20.8 Å². The number of rotatable bonds is 4. The van der Waals surface area contributed by atoms with Crippen molar-refractivity contribution >= 4 is 11.8 Å². The lowest BCUT2D eigenvalue weighted by atomic mass is 9.83. The van der Waals surface area contributed by atoms with E-state index in [0.29, 0.717) is 5.92 Å². The predicted octanol–water partition coefficient (Wildman–Crippen LogP) is 1.66. The average Bonchev–Trinajstić information content (AvgIpc) is 2.03. The molecule has 0 saturated carbocycles. The summed E-state index contributed by atoms with van der Waals surface area (Å²) in [6.45, 7) is 7.31. The lowest BCUT2D eigenvalue weighted by Gasteiger charge is -2.22. The van der Waals surface area contributed by atoms with Gasteiger partial charge < -0.3 is 4.74 Å². The molecule has 0 aliphatic heterocycles. The van der Waals surface area contributed by atoms with E-state index in [4.69, 9.17) is 0 Å². The van der Waals surface area contributed by atoms with E-state index in [9.17, 15) is 9.59 Å². The summed E-state index contributed by atoms with van der Waals surface area (Å²) in [5, 5.41) is 0. The summed E-state index contributed by atoms with van der Waals surface area (Å²) >= 11 is 0. The molecule has 3 heteroatoms. The number of carbonyl (C=O) groups is 2. The summed E-state index contributed by atoms with van der Waals surface area (Å²) < 4.78 is 4.59. The Kier molecular flexibility index (Phi) is 4.67. The van der Waals surface area contributed by atoms with Gasteiger partial charge in [0, 0.05) is 0 Å². The van der Waals surface area contributed by atoms with Gasteiger partial charge in [-0.25, -0.2) is 0 Å². The van der Waals surface area contributed by atoms with Crippen molar-refractivity contribution in [1.82, 2.24) is 0 Å². The van der Waals surface area contributed by atoms with Crippen molar-refractivity contribution in [3.05, 3.63) is 0 Å². The first-order valence-electron chi connectivity index (χ1n) is 4.50. The molecule has 2 atom stereocenters. The molecule has 2 unspecified atom stereocenters. The number of ketones is 1. The maximum absolute atomic E-state index is 11.3. The van der Waals surface area contributed by atoms with Gasteiger partial charge in [-0.3, -0.25) is 9.59 Å². The minimum absolute atomic E-state index is 0.0324. The van der Waals surface area contributed by atoms with Crippen LogP contribution in [0.3, 0.4) is 0 Å². The monoisotopic (exact) mass is 186 g/mol. The summed E-state index contributed by atoms with van der Waals surface area (Å²) in [5.74, 6) is -0.815. The highest BCUT2D eigenvalue weighted by molar-refractivity contribution is 5.97.